The summed E-state index contributed by atoms with van der Waals surface area (Å²) in [6.45, 7) is 0.516. The second-order valence-electron chi connectivity index (χ2n) is 5.03. The normalized spacial score (nSPS) is 22.1. The number of aliphatic carboxylic acids is 1. The summed E-state index contributed by atoms with van der Waals surface area (Å²) in [5.41, 5.74) is 1.08. The van der Waals surface area contributed by atoms with E-state index in [0.717, 1.165) is 16.3 Å². The van der Waals surface area contributed by atoms with Gasteiger partial charge in [-0.25, -0.2) is 4.98 Å². The fourth-order valence-corrected chi connectivity index (χ4v) is 2.72. The average molecular weight is 272 g/mol. The molecule has 1 saturated heterocycles. The van der Waals surface area contributed by atoms with Crippen LogP contribution in [0.1, 0.15) is 18.0 Å². The van der Waals surface area contributed by atoms with E-state index in [2.05, 4.69) is 10.3 Å². The van der Waals surface area contributed by atoms with Gasteiger partial charge < -0.3 is 15.2 Å². The average Bonchev–Trinajstić information content (AvgIpc) is 2.96. The van der Waals surface area contributed by atoms with Crippen molar-refractivity contribution in [3.63, 3.8) is 0 Å². The van der Waals surface area contributed by atoms with Crippen molar-refractivity contribution < 1.29 is 14.6 Å². The Morgan fingerprint density at radius 1 is 1.45 bits per heavy atom. The highest BCUT2D eigenvalue weighted by Crippen LogP contribution is 2.31. The third kappa shape index (κ3) is 2.20. The van der Waals surface area contributed by atoms with Gasteiger partial charge in [-0.05, 0) is 29.5 Å². The Morgan fingerprint density at radius 2 is 2.30 bits per heavy atom. The van der Waals surface area contributed by atoms with Crippen molar-refractivity contribution in [1.82, 2.24) is 10.3 Å². The van der Waals surface area contributed by atoms with Crippen molar-refractivity contribution in [1.29, 1.82) is 0 Å². The number of fused-ring (bicyclic) bond motifs is 1. The summed E-state index contributed by atoms with van der Waals surface area (Å²) in [6, 6.07) is 8.09. The molecule has 5 heteroatoms. The van der Waals surface area contributed by atoms with Gasteiger partial charge in [-0.1, -0.05) is 12.1 Å². The molecular formula is C15H16N2O3. The van der Waals surface area contributed by atoms with Crippen molar-refractivity contribution in [2.24, 2.45) is 5.92 Å². The Morgan fingerprint density at radius 3 is 3.00 bits per heavy atom. The molecule has 0 radical (unpaired) electrons. The molecule has 2 N–H and O–H groups in total. The summed E-state index contributed by atoms with van der Waals surface area (Å²) in [6.07, 6.45) is 2.33. The molecule has 1 fully saturated rings. The van der Waals surface area contributed by atoms with E-state index in [0.29, 0.717) is 18.8 Å². The van der Waals surface area contributed by atoms with E-state index in [9.17, 15) is 4.79 Å². The summed E-state index contributed by atoms with van der Waals surface area (Å²) in [5.74, 6) is -0.455. The molecule has 2 aromatic rings. The number of hydrogen-bond acceptors (Lipinski definition) is 4. The lowest BCUT2D eigenvalue weighted by molar-refractivity contribution is -0.141. The maximum atomic E-state index is 11.0. The molecular weight excluding hydrogens is 256 g/mol. The minimum absolute atomic E-state index is 0.0745. The van der Waals surface area contributed by atoms with Crippen LogP contribution in [0, 0.1) is 5.92 Å². The lowest BCUT2D eigenvalue weighted by atomic mass is 9.98. The zero-order chi connectivity index (χ0) is 14.1. The third-order valence-corrected chi connectivity index (χ3v) is 3.83. The molecule has 3 rings (SSSR count). The second kappa shape index (κ2) is 5.09. The number of hydrogen-bond donors (Lipinski definition) is 2. The second-order valence-corrected chi connectivity index (χ2v) is 5.03. The molecule has 2 atom stereocenters. The number of aromatic nitrogens is 1. The number of nitrogens with one attached hydrogen (secondary N) is 1. The molecule has 1 aromatic heterocycles. The predicted octanol–water partition coefficient (Wildman–Crippen LogP) is 1.98. The molecule has 0 saturated carbocycles. The van der Waals surface area contributed by atoms with Gasteiger partial charge in [0.25, 0.3) is 0 Å². The van der Waals surface area contributed by atoms with Crippen LogP contribution in [-0.4, -0.2) is 29.7 Å². The fraction of sp³-hybridized carbons (Fsp3) is 0.333. The number of ether oxygens (including phenoxy) is 1. The minimum atomic E-state index is -0.736. The smallest absolute Gasteiger partial charge is 0.307 e. The van der Waals surface area contributed by atoms with Crippen molar-refractivity contribution in [3.8, 4) is 5.88 Å². The zero-order valence-electron chi connectivity index (χ0n) is 11.2. The van der Waals surface area contributed by atoms with E-state index in [1.807, 2.05) is 24.3 Å². The fourth-order valence-electron chi connectivity index (χ4n) is 2.72. The number of carbonyl (C=O) groups is 1. The first kappa shape index (κ1) is 12.9. The molecule has 2 heterocycles. The summed E-state index contributed by atoms with van der Waals surface area (Å²) < 4.78 is 5.28. The molecule has 0 spiro atoms. The first-order valence-corrected chi connectivity index (χ1v) is 6.58. The van der Waals surface area contributed by atoms with Crippen molar-refractivity contribution in [3.05, 3.63) is 36.0 Å². The Bertz CT molecular complexity index is 657. The maximum absolute atomic E-state index is 11.0. The van der Waals surface area contributed by atoms with Crippen LogP contribution in [0.2, 0.25) is 0 Å². The first-order chi connectivity index (χ1) is 9.69. The topological polar surface area (TPSA) is 71.5 Å². The van der Waals surface area contributed by atoms with Crippen molar-refractivity contribution in [2.45, 2.75) is 12.5 Å². The molecule has 1 aromatic carbocycles. The Balaban J connectivity index is 1.95. The van der Waals surface area contributed by atoms with Gasteiger partial charge in [-0.2, -0.15) is 0 Å². The van der Waals surface area contributed by atoms with Crippen LogP contribution in [0.4, 0.5) is 0 Å². The Hall–Kier alpha value is -2.14. The SMILES string of the molecule is COc1nccc2ccc(C3CC(C(=O)O)CN3)cc12. The van der Waals surface area contributed by atoms with Crippen molar-refractivity contribution in [2.75, 3.05) is 13.7 Å². The number of methoxy groups -OCH3 is 1. The number of benzene rings is 1. The van der Waals surface area contributed by atoms with Crippen LogP contribution >= 0.6 is 0 Å². The van der Waals surface area contributed by atoms with E-state index in [1.54, 1.807) is 13.3 Å². The minimum Gasteiger partial charge on any atom is -0.481 e. The van der Waals surface area contributed by atoms with Gasteiger partial charge in [0, 0.05) is 24.2 Å². The van der Waals surface area contributed by atoms with Crippen LogP contribution in [0.5, 0.6) is 5.88 Å². The number of carboxylic acids is 1. The Labute approximate surface area is 116 Å². The highest BCUT2D eigenvalue weighted by atomic mass is 16.5. The summed E-state index contributed by atoms with van der Waals surface area (Å²) >= 11 is 0. The van der Waals surface area contributed by atoms with Crippen molar-refractivity contribution >= 4 is 16.7 Å². The molecule has 0 bridgehead atoms. The van der Waals surface area contributed by atoms with Gasteiger partial charge >= 0.3 is 5.97 Å². The van der Waals surface area contributed by atoms with E-state index < -0.39 is 5.97 Å². The summed E-state index contributed by atoms with van der Waals surface area (Å²) in [4.78, 5) is 15.2. The highest BCUT2D eigenvalue weighted by molar-refractivity contribution is 5.87. The van der Waals surface area contributed by atoms with Gasteiger partial charge in [0.15, 0.2) is 0 Å². The summed E-state index contributed by atoms with van der Waals surface area (Å²) in [5, 5.41) is 14.3. The van der Waals surface area contributed by atoms with E-state index in [1.165, 1.54) is 0 Å². The van der Waals surface area contributed by atoms with Crippen LogP contribution in [0.3, 0.4) is 0 Å². The van der Waals surface area contributed by atoms with Gasteiger partial charge in [0.05, 0.1) is 13.0 Å². The van der Waals surface area contributed by atoms with E-state index in [-0.39, 0.29) is 12.0 Å². The third-order valence-electron chi connectivity index (χ3n) is 3.83. The number of nitrogens with zero attached hydrogens (tertiary/aromatic N) is 1. The standard InChI is InChI=1S/C15H16N2O3/c1-20-14-12-6-10(3-2-9(12)4-5-16-14)13-7-11(8-17-13)15(18)19/h2-6,11,13,17H,7-8H2,1H3,(H,18,19). The lowest BCUT2D eigenvalue weighted by Crippen LogP contribution is -2.17. The van der Waals surface area contributed by atoms with Gasteiger partial charge in [0.1, 0.15) is 0 Å². The van der Waals surface area contributed by atoms with Gasteiger partial charge in [-0.15, -0.1) is 0 Å². The molecule has 0 aliphatic carbocycles. The molecule has 5 nitrogen and oxygen atoms in total. The zero-order valence-corrected chi connectivity index (χ0v) is 11.2. The predicted molar refractivity (Wildman–Crippen MR) is 74.8 cm³/mol. The molecule has 2 unspecified atom stereocenters. The molecule has 104 valence electrons. The van der Waals surface area contributed by atoms with Gasteiger partial charge in [-0.3, -0.25) is 4.79 Å². The number of carboxylic acid groups (broad SMARTS) is 1. The van der Waals surface area contributed by atoms with E-state index >= 15 is 0 Å². The van der Waals surface area contributed by atoms with Crippen LogP contribution in [0.25, 0.3) is 10.8 Å². The van der Waals surface area contributed by atoms with Crippen LogP contribution in [-0.2, 0) is 4.79 Å². The molecule has 0 amide bonds. The van der Waals surface area contributed by atoms with Crippen LogP contribution < -0.4 is 10.1 Å². The molecule has 1 aliphatic rings. The largest absolute Gasteiger partial charge is 0.481 e. The monoisotopic (exact) mass is 272 g/mol. The first-order valence-electron chi connectivity index (χ1n) is 6.58. The molecule has 1 aliphatic heterocycles. The lowest BCUT2D eigenvalue weighted by Gasteiger charge is -2.12. The summed E-state index contributed by atoms with van der Waals surface area (Å²) in [7, 11) is 1.60. The number of pyridine rings is 1. The quantitative estimate of drug-likeness (QED) is 0.894. The van der Waals surface area contributed by atoms with Crippen LogP contribution in [0.15, 0.2) is 30.5 Å². The highest BCUT2D eigenvalue weighted by Gasteiger charge is 2.30. The molecule has 20 heavy (non-hydrogen) atoms. The van der Waals surface area contributed by atoms with Gasteiger partial charge in [0.2, 0.25) is 5.88 Å². The Kier molecular flexibility index (Phi) is 3.28. The number of rotatable bonds is 3. The van der Waals surface area contributed by atoms with E-state index in [4.69, 9.17) is 9.84 Å². The maximum Gasteiger partial charge on any atom is 0.307 e.